The summed E-state index contributed by atoms with van der Waals surface area (Å²) in [7, 11) is 0. The maximum Gasteiger partial charge on any atom is 0.217 e. The van der Waals surface area contributed by atoms with Crippen molar-refractivity contribution >= 4 is 11.8 Å². The van der Waals surface area contributed by atoms with Crippen molar-refractivity contribution in [2.75, 3.05) is 19.8 Å². The van der Waals surface area contributed by atoms with Crippen LogP contribution in [0, 0.1) is 0 Å². The summed E-state index contributed by atoms with van der Waals surface area (Å²) in [5.41, 5.74) is 0. The van der Waals surface area contributed by atoms with Crippen LogP contribution in [-0.4, -0.2) is 112 Å². The van der Waals surface area contributed by atoms with Crippen LogP contribution in [0.15, 0.2) is 0 Å². The van der Waals surface area contributed by atoms with E-state index >= 15 is 0 Å². The van der Waals surface area contributed by atoms with Crippen LogP contribution >= 0.6 is 0 Å². The van der Waals surface area contributed by atoms with Crippen molar-refractivity contribution in [1.82, 2.24) is 10.6 Å². The van der Waals surface area contributed by atoms with Gasteiger partial charge in [-0.3, -0.25) is 9.59 Å². The average Bonchev–Trinajstić information content (AvgIpc) is 2.63. The topological polar surface area (TPSA) is 187 Å². The second-order valence-corrected chi connectivity index (χ2v) is 6.89. The fourth-order valence-corrected chi connectivity index (χ4v) is 3.32. The Morgan fingerprint density at radius 3 is 2.11 bits per heavy atom. The summed E-state index contributed by atoms with van der Waals surface area (Å²) in [6, 6.07) is -2.04. The van der Waals surface area contributed by atoms with E-state index in [0.29, 0.717) is 0 Å². The minimum Gasteiger partial charge on any atom is -0.394 e. The zero-order chi connectivity index (χ0) is 21.0. The third-order valence-electron chi connectivity index (χ3n) is 4.72. The van der Waals surface area contributed by atoms with Gasteiger partial charge in [0, 0.05) is 13.8 Å². The molecule has 2 amide bonds. The van der Waals surface area contributed by atoms with Crippen LogP contribution in [0.25, 0.3) is 0 Å². The van der Waals surface area contributed by atoms with Crippen molar-refractivity contribution in [3.8, 4) is 0 Å². The van der Waals surface area contributed by atoms with Crippen molar-refractivity contribution in [3.63, 3.8) is 0 Å². The number of carbonyl (C=O) groups is 2. The van der Waals surface area contributed by atoms with Gasteiger partial charge in [0.25, 0.3) is 0 Å². The molecule has 12 nitrogen and oxygen atoms in total. The number of ether oxygens (including phenoxy) is 3. The first kappa shape index (κ1) is 22.9. The minimum absolute atomic E-state index is 0.0624. The molecule has 0 aliphatic carbocycles. The molecule has 0 aromatic heterocycles. The van der Waals surface area contributed by atoms with E-state index in [0.717, 1.165) is 0 Å². The first-order valence-electron chi connectivity index (χ1n) is 8.92. The number of nitrogens with one attached hydrogen (secondary N) is 2. The molecule has 12 heteroatoms. The summed E-state index contributed by atoms with van der Waals surface area (Å²) >= 11 is 0. The van der Waals surface area contributed by atoms with Gasteiger partial charge in [0.05, 0.1) is 25.9 Å². The van der Waals surface area contributed by atoms with Crippen LogP contribution in [0.4, 0.5) is 0 Å². The van der Waals surface area contributed by atoms with Crippen LogP contribution in [0.3, 0.4) is 0 Å². The number of amides is 2. The number of aliphatic hydroxyl groups is 5. The maximum atomic E-state index is 11.5. The molecule has 0 radical (unpaired) electrons. The Morgan fingerprint density at radius 2 is 1.57 bits per heavy atom. The van der Waals surface area contributed by atoms with E-state index in [9.17, 15) is 35.1 Å². The zero-order valence-electron chi connectivity index (χ0n) is 15.6. The summed E-state index contributed by atoms with van der Waals surface area (Å²) in [5, 5.41) is 54.7. The summed E-state index contributed by atoms with van der Waals surface area (Å²) < 4.78 is 16.6. The predicted octanol–water partition coefficient (Wildman–Crippen LogP) is -4.43. The smallest absolute Gasteiger partial charge is 0.217 e. The number of hydrogen-bond donors (Lipinski definition) is 7. The van der Waals surface area contributed by atoms with Gasteiger partial charge in [-0.05, 0) is 0 Å². The van der Waals surface area contributed by atoms with Crippen LogP contribution in [0.1, 0.15) is 13.8 Å². The lowest BCUT2D eigenvalue weighted by atomic mass is 9.95. The van der Waals surface area contributed by atoms with Gasteiger partial charge in [-0.1, -0.05) is 0 Å². The van der Waals surface area contributed by atoms with Crippen molar-refractivity contribution < 1.29 is 49.3 Å². The zero-order valence-corrected chi connectivity index (χ0v) is 15.6. The Labute approximate surface area is 161 Å². The molecule has 7 N–H and O–H groups in total. The molecule has 2 rings (SSSR count). The number of carbonyl (C=O) groups excluding carboxylic acids is 2. The molecule has 9 atom stereocenters. The molecule has 0 bridgehead atoms. The molecule has 0 saturated carbocycles. The fourth-order valence-electron chi connectivity index (χ4n) is 3.32. The standard InChI is InChI=1S/C16H28N2O10/c1-6(21)17-8-5-26-10(4-20)15(12(8)23)28-16-11(18-7(2)22)14(25)13(24)9(3-19)27-16/h8-16,19-20,23-25H,3-5H2,1-2H3,(H,17,21)(H,18,22). The average molecular weight is 408 g/mol. The highest BCUT2D eigenvalue weighted by atomic mass is 16.7. The third kappa shape index (κ3) is 5.15. The quantitative estimate of drug-likeness (QED) is 0.226. The fraction of sp³-hybridized carbons (Fsp3) is 0.875. The lowest BCUT2D eigenvalue weighted by Crippen LogP contribution is -2.67. The van der Waals surface area contributed by atoms with Crippen molar-refractivity contribution in [1.29, 1.82) is 0 Å². The molecule has 9 unspecified atom stereocenters. The number of hydrogen-bond acceptors (Lipinski definition) is 10. The molecule has 2 heterocycles. The Kier molecular flexibility index (Phi) is 8.09. The highest BCUT2D eigenvalue weighted by molar-refractivity contribution is 5.73. The van der Waals surface area contributed by atoms with E-state index in [2.05, 4.69) is 10.6 Å². The van der Waals surface area contributed by atoms with E-state index in [1.807, 2.05) is 0 Å². The first-order chi connectivity index (χ1) is 13.2. The Hall–Kier alpha value is -1.38. The molecule has 2 aliphatic rings. The second-order valence-electron chi connectivity index (χ2n) is 6.89. The molecule has 2 saturated heterocycles. The maximum absolute atomic E-state index is 11.5. The molecule has 0 aromatic carbocycles. The highest BCUT2D eigenvalue weighted by Crippen LogP contribution is 2.27. The Balaban J connectivity index is 2.22. The van der Waals surface area contributed by atoms with E-state index in [1.165, 1.54) is 13.8 Å². The SMILES string of the molecule is CC(=O)NC1COC(CO)C(OC2OC(CO)C(O)C(O)C2NC(C)=O)C1O. The molecular weight excluding hydrogens is 380 g/mol. The van der Waals surface area contributed by atoms with Crippen molar-refractivity contribution in [2.24, 2.45) is 0 Å². The molecule has 0 aromatic rings. The Morgan fingerprint density at radius 1 is 0.964 bits per heavy atom. The van der Waals surface area contributed by atoms with Crippen LogP contribution in [0.2, 0.25) is 0 Å². The van der Waals surface area contributed by atoms with Crippen molar-refractivity contribution in [3.05, 3.63) is 0 Å². The van der Waals surface area contributed by atoms with Crippen LogP contribution in [-0.2, 0) is 23.8 Å². The summed E-state index contributed by atoms with van der Waals surface area (Å²) in [6.45, 7) is 1.25. The van der Waals surface area contributed by atoms with Crippen LogP contribution in [0.5, 0.6) is 0 Å². The monoisotopic (exact) mass is 408 g/mol. The molecular formula is C16H28N2O10. The molecule has 28 heavy (non-hydrogen) atoms. The predicted molar refractivity (Wildman–Crippen MR) is 90.7 cm³/mol. The van der Waals surface area contributed by atoms with Gasteiger partial charge in [-0.15, -0.1) is 0 Å². The van der Waals surface area contributed by atoms with Crippen molar-refractivity contribution in [2.45, 2.75) is 68.8 Å². The lowest BCUT2D eigenvalue weighted by Gasteiger charge is -2.46. The largest absolute Gasteiger partial charge is 0.394 e. The van der Waals surface area contributed by atoms with Crippen LogP contribution < -0.4 is 10.6 Å². The first-order valence-corrected chi connectivity index (χ1v) is 8.92. The van der Waals surface area contributed by atoms with Gasteiger partial charge in [-0.25, -0.2) is 0 Å². The van der Waals surface area contributed by atoms with Gasteiger partial charge in [-0.2, -0.15) is 0 Å². The van der Waals surface area contributed by atoms with Gasteiger partial charge in [0.2, 0.25) is 11.8 Å². The second kappa shape index (κ2) is 9.89. The van der Waals surface area contributed by atoms with Gasteiger partial charge in [0.15, 0.2) is 6.29 Å². The van der Waals surface area contributed by atoms with E-state index in [4.69, 9.17) is 14.2 Å². The molecule has 2 fully saturated rings. The third-order valence-corrected chi connectivity index (χ3v) is 4.72. The van der Waals surface area contributed by atoms with E-state index in [-0.39, 0.29) is 6.61 Å². The van der Waals surface area contributed by atoms with Gasteiger partial charge < -0.3 is 50.4 Å². The molecule has 162 valence electrons. The Bertz CT molecular complexity index is 550. The molecule has 0 spiro atoms. The van der Waals surface area contributed by atoms with E-state index in [1.54, 1.807) is 0 Å². The van der Waals surface area contributed by atoms with Gasteiger partial charge >= 0.3 is 0 Å². The van der Waals surface area contributed by atoms with E-state index < -0.39 is 80.0 Å². The van der Waals surface area contributed by atoms with Gasteiger partial charge in [0.1, 0.15) is 42.7 Å². The normalized spacial score (nSPS) is 41.3. The number of rotatable bonds is 6. The molecule has 2 aliphatic heterocycles. The summed E-state index contributed by atoms with van der Waals surface area (Å²) in [6.07, 6.45) is -9.07. The summed E-state index contributed by atoms with van der Waals surface area (Å²) in [5.74, 6) is -0.941. The highest BCUT2D eigenvalue weighted by Gasteiger charge is 2.49. The number of aliphatic hydroxyl groups excluding tert-OH is 5. The lowest BCUT2D eigenvalue weighted by molar-refractivity contribution is -0.309. The summed E-state index contributed by atoms with van der Waals surface area (Å²) in [4.78, 5) is 22.8. The minimum atomic E-state index is -1.53.